The van der Waals surface area contributed by atoms with Gasteiger partial charge < -0.3 is 21.3 Å². The molecule has 5 rings (SSSR count). The number of carbonyl (C=O) groups is 6. The van der Waals surface area contributed by atoms with Crippen molar-refractivity contribution in [1.82, 2.24) is 21.3 Å². The maximum atomic E-state index is 11.4. The standard InChI is InChI=1S/C16H14N4O4S2.C8H8Cl2.C4H4N2O2S.CH4/c21-11-5-12(22)18-15(17-11)25-7-9-3-1-2-4-10(9)8-26-16-19-13(23)6-14(24)20-16;9-5-7-3-1-2-4-8(7)6-10;7-2-1-3(8)6-4(9)5-2;/h1-4H,5-8H2,(H,17,18,21,22)(H,19,20,23,24);1-4H,5-6H2;1H2,(H2,5,6,7,8,9);1H4. The first-order chi connectivity index (χ1) is 21.6. The van der Waals surface area contributed by atoms with Crippen molar-refractivity contribution in [3.05, 3.63) is 70.8 Å². The molecule has 2 aromatic carbocycles. The molecular weight excluding hydrogens is 695 g/mol. The summed E-state index contributed by atoms with van der Waals surface area (Å²) in [6, 6.07) is 15.6. The maximum absolute atomic E-state index is 11.4. The summed E-state index contributed by atoms with van der Waals surface area (Å²) >= 11 is 18.3. The van der Waals surface area contributed by atoms with Crippen LogP contribution in [0.25, 0.3) is 0 Å². The first-order valence-electron chi connectivity index (χ1n) is 13.0. The lowest BCUT2D eigenvalue weighted by molar-refractivity contribution is -0.130. The Kier molecular flexibility index (Phi) is 16.6. The summed E-state index contributed by atoms with van der Waals surface area (Å²) < 4.78 is 0. The summed E-state index contributed by atoms with van der Waals surface area (Å²) in [5.41, 5.74) is 4.24. The molecule has 0 saturated carbocycles. The van der Waals surface area contributed by atoms with E-state index < -0.39 is 11.8 Å². The number of thiocarbonyl (C=S) groups is 1. The molecule has 12 nitrogen and oxygen atoms in total. The van der Waals surface area contributed by atoms with Crippen LogP contribution in [0, 0.1) is 0 Å². The zero-order valence-electron chi connectivity index (χ0n) is 23.4. The van der Waals surface area contributed by atoms with Crippen molar-refractivity contribution in [3.8, 4) is 0 Å². The van der Waals surface area contributed by atoms with E-state index in [9.17, 15) is 28.8 Å². The van der Waals surface area contributed by atoms with Crippen LogP contribution < -0.4 is 21.3 Å². The number of rotatable bonds is 6. The molecule has 244 valence electrons. The lowest BCUT2D eigenvalue weighted by Gasteiger charge is -2.14. The molecule has 6 amide bonds. The van der Waals surface area contributed by atoms with E-state index in [0.29, 0.717) is 33.6 Å². The van der Waals surface area contributed by atoms with E-state index in [2.05, 4.69) is 43.5 Å². The third-order valence-corrected chi connectivity index (χ3v) is 8.27. The average Bonchev–Trinajstić information content (AvgIpc) is 2.98. The van der Waals surface area contributed by atoms with Gasteiger partial charge in [0.05, 0.1) is 0 Å². The molecule has 3 aliphatic rings. The molecule has 4 N–H and O–H groups in total. The van der Waals surface area contributed by atoms with Crippen LogP contribution in [0.5, 0.6) is 0 Å². The number of nitrogens with zero attached hydrogens (tertiary/aromatic N) is 2. The van der Waals surface area contributed by atoms with Crippen LogP contribution in [-0.4, -0.2) is 50.9 Å². The van der Waals surface area contributed by atoms with Gasteiger partial charge >= 0.3 is 0 Å². The zero-order valence-corrected chi connectivity index (χ0v) is 27.4. The highest BCUT2D eigenvalue weighted by Gasteiger charge is 2.21. The fourth-order valence-corrected chi connectivity index (χ4v) is 6.17. The molecule has 0 radical (unpaired) electrons. The van der Waals surface area contributed by atoms with Gasteiger partial charge in [0.2, 0.25) is 23.6 Å². The second kappa shape index (κ2) is 19.8. The van der Waals surface area contributed by atoms with Crippen LogP contribution in [0.2, 0.25) is 0 Å². The number of halogens is 2. The molecule has 1 saturated heterocycles. The number of nitrogens with one attached hydrogen (secondary N) is 4. The Morgan fingerprint density at radius 3 is 1.26 bits per heavy atom. The van der Waals surface area contributed by atoms with Crippen LogP contribution in [-0.2, 0) is 52.0 Å². The van der Waals surface area contributed by atoms with E-state index in [1.807, 2.05) is 48.5 Å². The lowest BCUT2D eigenvalue weighted by Crippen LogP contribution is -2.49. The lowest BCUT2D eigenvalue weighted by atomic mass is 10.1. The summed E-state index contributed by atoms with van der Waals surface area (Å²) in [7, 11) is 0. The summed E-state index contributed by atoms with van der Waals surface area (Å²) in [5, 5.41) is 10.4. The van der Waals surface area contributed by atoms with E-state index in [1.54, 1.807) is 0 Å². The van der Waals surface area contributed by atoms with Gasteiger partial charge in [-0.3, -0.25) is 28.8 Å². The van der Waals surface area contributed by atoms with Crippen molar-refractivity contribution in [1.29, 1.82) is 0 Å². The van der Waals surface area contributed by atoms with Crippen LogP contribution in [0.15, 0.2) is 58.5 Å². The molecule has 0 aliphatic carbocycles. The number of hydrogen-bond donors (Lipinski definition) is 4. The Bertz CT molecular complexity index is 1430. The predicted molar refractivity (Wildman–Crippen MR) is 185 cm³/mol. The Hall–Kier alpha value is -3.63. The molecule has 17 heteroatoms. The molecular formula is C29H30Cl2N6O6S3. The minimum atomic E-state index is -0.448. The molecule has 0 spiro atoms. The third-order valence-electron chi connectivity index (χ3n) is 5.65. The molecule has 2 aromatic rings. The summed E-state index contributed by atoms with van der Waals surface area (Å²) in [4.78, 5) is 74.0. The first-order valence-corrected chi connectivity index (χ1v) is 16.5. The fourth-order valence-electron chi connectivity index (χ4n) is 3.57. The smallest absolute Gasteiger partial charge is 0.257 e. The highest BCUT2D eigenvalue weighted by atomic mass is 35.5. The third kappa shape index (κ3) is 13.4. The van der Waals surface area contributed by atoms with Gasteiger partial charge in [-0.25, -0.2) is 0 Å². The number of amidine groups is 2. The van der Waals surface area contributed by atoms with Crippen molar-refractivity contribution in [2.75, 3.05) is 0 Å². The molecule has 3 aliphatic heterocycles. The Morgan fingerprint density at radius 1 is 0.587 bits per heavy atom. The maximum Gasteiger partial charge on any atom is 0.257 e. The van der Waals surface area contributed by atoms with Crippen LogP contribution >= 0.6 is 58.9 Å². The van der Waals surface area contributed by atoms with Gasteiger partial charge in [0.25, 0.3) is 11.8 Å². The second-order valence-corrected chi connectivity index (χ2v) is 11.9. The van der Waals surface area contributed by atoms with Crippen molar-refractivity contribution in [3.63, 3.8) is 0 Å². The van der Waals surface area contributed by atoms with Crippen LogP contribution in [0.3, 0.4) is 0 Å². The van der Waals surface area contributed by atoms with Gasteiger partial charge in [-0.15, -0.1) is 23.2 Å². The number of hydrogen-bond acceptors (Lipinski definition) is 9. The molecule has 0 atom stereocenters. The minimum Gasteiger partial charge on any atom is -0.305 e. The number of thioether (sulfide) groups is 2. The molecule has 1 fully saturated rings. The summed E-state index contributed by atoms with van der Waals surface area (Å²) in [6.07, 6.45) is -0.562. The molecule has 0 unspecified atom stereocenters. The van der Waals surface area contributed by atoms with Crippen molar-refractivity contribution in [2.24, 2.45) is 9.98 Å². The number of carbonyl (C=O) groups excluding carboxylic acids is 6. The largest absolute Gasteiger partial charge is 0.305 e. The molecule has 46 heavy (non-hydrogen) atoms. The Labute approximate surface area is 289 Å². The normalized spacial score (nSPS) is 15.7. The highest BCUT2D eigenvalue weighted by Crippen LogP contribution is 2.23. The van der Waals surface area contributed by atoms with Crippen LogP contribution in [0.4, 0.5) is 0 Å². The summed E-state index contributed by atoms with van der Waals surface area (Å²) in [5.74, 6) is -0.175. The highest BCUT2D eigenvalue weighted by molar-refractivity contribution is 8.13. The number of alkyl halides is 2. The first kappa shape index (κ1) is 38.6. The predicted octanol–water partition coefficient (Wildman–Crippen LogP) is 3.67. The van der Waals surface area contributed by atoms with E-state index in [1.165, 1.54) is 23.5 Å². The minimum absolute atomic E-state index is 0. The summed E-state index contributed by atoms with van der Waals surface area (Å²) in [6.45, 7) is 0. The van der Waals surface area contributed by atoms with Crippen molar-refractivity contribution >= 4 is 110 Å². The quantitative estimate of drug-likeness (QED) is 0.197. The van der Waals surface area contributed by atoms with Gasteiger partial charge in [-0.05, 0) is 34.5 Å². The number of amides is 6. The zero-order chi connectivity index (χ0) is 32.8. The monoisotopic (exact) mass is 724 g/mol. The van der Waals surface area contributed by atoms with Gasteiger partial charge in [-0.2, -0.15) is 9.98 Å². The van der Waals surface area contributed by atoms with Gasteiger partial charge in [0, 0.05) is 23.3 Å². The molecule has 0 bridgehead atoms. The SMILES string of the molecule is C.ClCc1ccccc1CCl.O=C1CC(=O)NC(=S)N1.O=C1CC(=O)NC(SCc2ccccc2CSC2=NC(=O)CC(=O)N2)=N1. The van der Waals surface area contributed by atoms with E-state index in [0.717, 1.165) is 22.3 Å². The van der Waals surface area contributed by atoms with Crippen molar-refractivity contribution < 1.29 is 28.8 Å². The number of benzene rings is 2. The Morgan fingerprint density at radius 2 is 0.935 bits per heavy atom. The van der Waals surface area contributed by atoms with E-state index in [-0.39, 0.29) is 55.4 Å². The molecule has 0 aromatic heterocycles. The average molecular weight is 726 g/mol. The second-order valence-electron chi connectivity index (χ2n) is 9.06. The van der Waals surface area contributed by atoms with Gasteiger partial charge in [-0.1, -0.05) is 79.5 Å². The van der Waals surface area contributed by atoms with Gasteiger partial charge in [0.15, 0.2) is 15.4 Å². The topological polar surface area (TPSA) is 175 Å². The van der Waals surface area contributed by atoms with Crippen LogP contribution in [0.1, 0.15) is 48.9 Å². The fraction of sp³-hybridized carbons (Fsp3) is 0.276. The number of aliphatic imine (C=N–C) groups is 2. The van der Waals surface area contributed by atoms with E-state index >= 15 is 0 Å². The molecule has 3 heterocycles. The van der Waals surface area contributed by atoms with Crippen molar-refractivity contribution in [2.45, 2.75) is 50.0 Å². The van der Waals surface area contributed by atoms with Gasteiger partial charge in [0.1, 0.15) is 19.3 Å². The van der Waals surface area contributed by atoms with E-state index in [4.69, 9.17) is 23.2 Å². The Balaban J connectivity index is 0.000000301.